The lowest BCUT2D eigenvalue weighted by Gasteiger charge is -2.16. The molecule has 8 nitrogen and oxygen atoms in total. The molecular formula is C16H18N6O2. The van der Waals surface area contributed by atoms with Gasteiger partial charge in [-0.15, -0.1) is 0 Å². The molecule has 0 radical (unpaired) electrons. The van der Waals surface area contributed by atoms with E-state index in [1.807, 2.05) is 30.3 Å². The Bertz CT molecular complexity index is 893. The van der Waals surface area contributed by atoms with Crippen LogP contribution in [0.15, 0.2) is 41.3 Å². The van der Waals surface area contributed by atoms with E-state index in [1.54, 1.807) is 24.9 Å². The average molecular weight is 326 g/mol. The summed E-state index contributed by atoms with van der Waals surface area (Å²) >= 11 is 0. The van der Waals surface area contributed by atoms with Gasteiger partial charge >= 0.3 is 5.69 Å². The Hall–Kier alpha value is -3.16. The number of nitrogens with zero attached hydrogens (tertiary/aromatic N) is 3. The van der Waals surface area contributed by atoms with Gasteiger partial charge in [0, 0.05) is 13.2 Å². The van der Waals surface area contributed by atoms with E-state index in [0.717, 1.165) is 5.56 Å². The Morgan fingerprint density at radius 2 is 2.08 bits per heavy atom. The minimum absolute atomic E-state index is 0.259. The second-order valence-corrected chi connectivity index (χ2v) is 5.58. The van der Waals surface area contributed by atoms with E-state index in [2.05, 4.69) is 25.6 Å². The number of carbonyl (C=O) groups excluding carboxylic acids is 1. The summed E-state index contributed by atoms with van der Waals surface area (Å²) in [6.07, 6.45) is 2.17. The van der Waals surface area contributed by atoms with Crippen LogP contribution in [-0.4, -0.2) is 30.9 Å². The molecule has 24 heavy (non-hydrogen) atoms. The van der Waals surface area contributed by atoms with E-state index >= 15 is 0 Å². The molecule has 3 N–H and O–H groups in total. The van der Waals surface area contributed by atoms with Crippen LogP contribution in [0.2, 0.25) is 0 Å². The first-order chi connectivity index (χ1) is 11.5. The molecule has 0 saturated carbocycles. The lowest BCUT2D eigenvalue weighted by atomic mass is 10.0. The lowest BCUT2D eigenvalue weighted by molar-refractivity contribution is 0.0934. The van der Waals surface area contributed by atoms with Gasteiger partial charge in [0.15, 0.2) is 5.82 Å². The van der Waals surface area contributed by atoms with Crippen LogP contribution in [0, 0.1) is 6.92 Å². The van der Waals surface area contributed by atoms with Crippen molar-refractivity contribution in [2.45, 2.75) is 19.4 Å². The molecule has 124 valence electrons. The highest BCUT2D eigenvalue weighted by Crippen LogP contribution is 2.15. The molecule has 1 aromatic carbocycles. The molecule has 1 unspecified atom stereocenters. The minimum atomic E-state index is -0.460. The quantitative estimate of drug-likeness (QED) is 0.646. The van der Waals surface area contributed by atoms with Crippen molar-refractivity contribution in [3.05, 3.63) is 69.7 Å². The van der Waals surface area contributed by atoms with Gasteiger partial charge in [0.1, 0.15) is 0 Å². The highest BCUT2D eigenvalue weighted by Gasteiger charge is 2.21. The van der Waals surface area contributed by atoms with Crippen LogP contribution < -0.4 is 11.0 Å². The van der Waals surface area contributed by atoms with Crippen molar-refractivity contribution in [2.24, 2.45) is 7.05 Å². The van der Waals surface area contributed by atoms with E-state index in [0.29, 0.717) is 23.5 Å². The van der Waals surface area contributed by atoms with Crippen LogP contribution in [0.25, 0.3) is 0 Å². The Kier molecular flexibility index (Phi) is 4.28. The maximum Gasteiger partial charge on any atom is 0.340 e. The SMILES string of the molecule is Cc1nn(C)cc1C(=O)NC(Cc1ccccc1)c1n[nH]c(=O)[nH]1. The number of aryl methyl sites for hydroxylation is 2. The van der Waals surface area contributed by atoms with Crippen molar-refractivity contribution >= 4 is 5.91 Å². The second-order valence-electron chi connectivity index (χ2n) is 5.58. The molecule has 2 aromatic heterocycles. The van der Waals surface area contributed by atoms with E-state index in [9.17, 15) is 9.59 Å². The van der Waals surface area contributed by atoms with Crippen LogP contribution in [0.3, 0.4) is 0 Å². The van der Waals surface area contributed by atoms with Crippen LogP contribution in [0.5, 0.6) is 0 Å². The van der Waals surface area contributed by atoms with Crippen molar-refractivity contribution in [1.82, 2.24) is 30.3 Å². The number of hydrogen-bond donors (Lipinski definition) is 3. The Morgan fingerprint density at radius 3 is 2.67 bits per heavy atom. The van der Waals surface area contributed by atoms with Gasteiger partial charge in [-0.2, -0.15) is 10.2 Å². The number of carbonyl (C=O) groups is 1. The summed E-state index contributed by atoms with van der Waals surface area (Å²) in [5.74, 6) is 0.129. The molecule has 0 bridgehead atoms. The Labute approximate surface area is 137 Å². The van der Waals surface area contributed by atoms with Crippen LogP contribution >= 0.6 is 0 Å². The summed E-state index contributed by atoms with van der Waals surface area (Å²) < 4.78 is 1.59. The number of hydrogen-bond acceptors (Lipinski definition) is 4. The monoisotopic (exact) mass is 326 g/mol. The standard InChI is InChI=1S/C16H18N6O2/c1-10-12(9-22(2)21-10)15(23)17-13(14-18-16(24)20-19-14)8-11-6-4-3-5-7-11/h3-7,9,13H,8H2,1-2H3,(H,17,23)(H2,18,19,20,24). The number of aromatic nitrogens is 5. The van der Waals surface area contributed by atoms with Crippen molar-refractivity contribution in [1.29, 1.82) is 0 Å². The molecular weight excluding hydrogens is 308 g/mol. The van der Waals surface area contributed by atoms with Gasteiger partial charge in [0.25, 0.3) is 5.91 Å². The third-order valence-corrected chi connectivity index (χ3v) is 3.70. The number of H-pyrrole nitrogens is 2. The average Bonchev–Trinajstić information content (AvgIpc) is 3.13. The summed E-state index contributed by atoms with van der Waals surface area (Å²) in [5, 5.41) is 13.4. The number of nitrogens with one attached hydrogen (secondary N) is 3. The van der Waals surface area contributed by atoms with E-state index in [1.165, 1.54) is 0 Å². The molecule has 0 aliphatic heterocycles. The minimum Gasteiger partial charge on any atom is -0.342 e. The van der Waals surface area contributed by atoms with Crippen molar-refractivity contribution < 1.29 is 4.79 Å². The fourth-order valence-corrected chi connectivity index (χ4v) is 2.57. The smallest absolute Gasteiger partial charge is 0.340 e. The molecule has 0 aliphatic rings. The number of amides is 1. The zero-order chi connectivity index (χ0) is 17.1. The second kappa shape index (κ2) is 6.53. The number of rotatable bonds is 5. The van der Waals surface area contributed by atoms with Gasteiger partial charge < -0.3 is 5.32 Å². The fraction of sp³-hybridized carbons (Fsp3) is 0.250. The first-order valence-corrected chi connectivity index (χ1v) is 7.52. The third-order valence-electron chi connectivity index (χ3n) is 3.70. The van der Waals surface area contributed by atoms with Gasteiger partial charge in [-0.1, -0.05) is 30.3 Å². The summed E-state index contributed by atoms with van der Waals surface area (Å²) in [6.45, 7) is 1.78. The predicted octanol–water partition coefficient (Wildman–Crippen LogP) is 0.854. The fourth-order valence-electron chi connectivity index (χ4n) is 2.57. The molecule has 3 rings (SSSR count). The van der Waals surface area contributed by atoms with Gasteiger partial charge in [-0.3, -0.25) is 14.5 Å². The first-order valence-electron chi connectivity index (χ1n) is 7.52. The Balaban J connectivity index is 1.86. The molecule has 3 aromatic rings. The summed E-state index contributed by atoms with van der Waals surface area (Å²) in [5.41, 5.74) is 1.75. The van der Waals surface area contributed by atoms with E-state index in [-0.39, 0.29) is 5.91 Å². The molecule has 1 atom stereocenters. The first kappa shape index (κ1) is 15.7. The summed E-state index contributed by atoms with van der Waals surface area (Å²) in [7, 11) is 1.76. The lowest BCUT2D eigenvalue weighted by Crippen LogP contribution is -2.31. The molecule has 0 saturated heterocycles. The molecule has 0 aliphatic carbocycles. The van der Waals surface area contributed by atoms with E-state index in [4.69, 9.17) is 0 Å². The van der Waals surface area contributed by atoms with Gasteiger partial charge in [0.2, 0.25) is 0 Å². The molecule has 0 fully saturated rings. The van der Waals surface area contributed by atoms with Crippen molar-refractivity contribution in [2.75, 3.05) is 0 Å². The summed E-state index contributed by atoms with van der Waals surface area (Å²) in [6, 6.07) is 9.23. The van der Waals surface area contributed by atoms with Crippen molar-refractivity contribution in [3.8, 4) is 0 Å². The highest BCUT2D eigenvalue weighted by molar-refractivity contribution is 5.95. The third kappa shape index (κ3) is 3.43. The van der Waals surface area contributed by atoms with Crippen LogP contribution in [0.4, 0.5) is 0 Å². The zero-order valence-electron chi connectivity index (χ0n) is 13.4. The maximum atomic E-state index is 12.6. The topological polar surface area (TPSA) is 108 Å². The predicted molar refractivity (Wildman–Crippen MR) is 87.5 cm³/mol. The number of benzene rings is 1. The van der Waals surface area contributed by atoms with Gasteiger partial charge in [-0.05, 0) is 18.9 Å². The molecule has 0 spiro atoms. The summed E-state index contributed by atoms with van der Waals surface area (Å²) in [4.78, 5) is 26.5. The molecule has 2 heterocycles. The van der Waals surface area contributed by atoms with Crippen molar-refractivity contribution in [3.63, 3.8) is 0 Å². The van der Waals surface area contributed by atoms with E-state index < -0.39 is 11.7 Å². The Morgan fingerprint density at radius 1 is 1.33 bits per heavy atom. The van der Waals surface area contributed by atoms with Gasteiger partial charge in [-0.25, -0.2) is 9.89 Å². The normalized spacial score (nSPS) is 12.1. The molecule has 1 amide bonds. The largest absolute Gasteiger partial charge is 0.342 e. The van der Waals surface area contributed by atoms with Crippen LogP contribution in [-0.2, 0) is 13.5 Å². The number of aromatic amines is 2. The highest BCUT2D eigenvalue weighted by atomic mass is 16.2. The maximum absolute atomic E-state index is 12.6. The molecule has 8 heteroatoms. The van der Waals surface area contributed by atoms with Crippen LogP contribution in [0.1, 0.15) is 33.5 Å². The van der Waals surface area contributed by atoms with Gasteiger partial charge in [0.05, 0.1) is 17.3 Å². The zero-order valence-corrected chi connectivity index (χ0v) is 13.4.